The zero-order valence-corrected chi connectivity index (χ0v) is 25.4. The average Bonchev–Trinajstić information content (AvgIpc) is 3.05. The molecule has 0 spiro atoms. The summed E-state index contributed by atoms with van der Waals surface area (Å²) in [5.74, 6) is 0.785. The molecule has 0 bridgehead atoms. The molecule has 4 aromatic carbocycles. The van der Waals surface area contributed by atoms with E-state index < -0.39 is 11.8 Å². The van der Waals surface area contributed by atoms with Gasteiger partial charge in [0.2, 0.25) is 5.91 Å². The van der Waals surface area contributed by atoms with Crippen LogP contribution < -0.4 is 30.2 Å². The molecule has 3 amide bonds. The Hall–Kier alpha value is -5.22. The lowest BCUT2D eigenvalue weighted by atomic mass is 10.1. The molecule has 0 aliphatic carbocycles. The maximum absolute atomic E-state index is 13.5. The zero-order chi connectivity index (χ0) is 31.3. The molecule has 0 aliphatic heterocycles. The summed E-state index contributed by atoms with van der Waals surface area (Å²) < 4.78 is 16.2. The highest BCUT2D eigenvalue weighted by atomic mass is 32.2. The lowest BCUT2D eigenvalue weighted by molar-refractivity contribution is -0.114. The van der Waals surface area contributed by atoms with Crippen molar-refractivity contribution in [3.8, 4) is 17.2 Å². The number of hydrogen-bond donors (Lipinski definition) is 3. The third-order valence-electron chi connectivity index (χ3n) is 6.18. The van der Waals surface area contributed by atoms with Crippen molar-refractivity contribution in [2.45, 2.75) is 11.8 Å². The van der Waals surface area contributed by atoms with E-state index in [0.717, 1.165) is 10.6 Å². The number of carbonyl (C=O) groups excluding carboxylic acids is 3. The van der Waals surface area contributed by atoms with Crippen LogP contribution in [0.4, 0.5) is 11.4 Å². The van der Waals surface area contributed by atoms with Crippen LogP contribution in [0.1, 0.15) is 22.8 Å². The highest BCUT2D eigenvalue weighted by Crippen LogP contribution is 2.27. The quantitative estimate of drug-likeness (QED) is 0.121. The summed E-state index contributed by atoms with van der Waals surface area (Å²) in [6, 6.07) is 28.0. The first-order valence-electron chi connectivity index (χ1n) is 13.8. The van der Waals surface area contributed by atoms with Gasteiger partial charge in [0.1, 0.15) is 22.9 Å². The van der Waals surface area contributed by atoms with Crippen LogP contribution >= 0.6 is 11.8 Å². The van der Waals surface area contributed by atoms with E-state index in [1.807, 2.05) is 13.0 Å². The molecule has 0 heterocycles. The highest BCUT2D eigenvalue weighted by molar-refractivity contribution is 8.00. The van der Waals surface area contributed by atoms with Gasteiger partial charge in [-0.3, -0.25) is 14.4 Å². The van der Waals surface area contributed by atoms with E-state index in [2.05, 4.69) is 16.0 Å². The van der Waals surface area contributed by atoms with E-state index in [4.69, 9.17) is 14.2 Å². The molecule has 0 radical (unpaired) electrons. The Labute approximate surface area is 260 Å². The zero-order valence-electron chi connectivity index (χ0n) is 24.6. The first kappa shape index (κ1) is 31.7. The SMILES string of the molecule is CCOc1ccc(NC(=O)CSc2cccc(NC(=O)/C(=C\c3cc(OC)ccc3OC)NC(=O)c3ccccc3)c2)cc1. The fourth-order valence-corrected chi connectivity index (χ4v) is 4.81. The predicted octanol–water partition coefficient (Wildman–Crippen LogP) is 6.24. The Morgan fingerprint density at radius 2 is 1.52 bits per heavy atom. The number of methoxy groups -OCH3 is 2. The molecule has 0 unspecified atom stereocenters. The van der Waals surface area contributed by atoms with Crippen LogP contribution in [-0.4, -0.2) is 44.3 Å². The van der Waals surface area contributed by atoms with Gasteiger partial charge in [0.05, 0.1) is 26.6 Å². The lowest BCUT2D eigenvalue weighted by Crippen LogP contribution is -2.30. The van der Waals surface area contributed by atoms with Gasteiger partial charge in [0.25, 0.3) is 11.8 Å². The van der Waals surface area contributed by atoms with Gasteiger partial charge in [-0.2, -0.15) is 0 Å². The second kappa shape index (κ2) is 15.9. The lowest BCUT2D eigenvalue weighted by Gasteiger charge is -2.14. The van der Waals surface area contributed by atoms with Gasteiger partial charge in [0.15, 0.2) is 0 Å². The minimum absolute atomic E-state index is 0.00167. The highest BCUT2D eigenvalue weighted by Gasteiger charge is 2.17. The molecular formula is C34H33N3O6S. The maximum Gasteiger partial charge on any atom is 0.272 e. The Balaban J connectivity index is 1.48. The monoisotopic (exact) mass is 611 g/mol. The Morgan fingerprint density at radius 1 is 0.773 bits per heavy atom. The molecule has 4 rings (SSSR count). The van der Waals surface area contributed by atoms with Crippen molar-refractivity contribution in [1.29, 1.82) is 0 Å². The number of rotatable bonds is 13. The van der Waals surface area contributed by atoms with Crippen molar-refractivity contribution in [1.82, 2.24) is 5.32 Å². The molecule has 4 aromatic rings. The van der Waals surface area contributed by atoms with Crippen molar-refractivity contribution in [3.63, 3.8) is 0 Å². The smallest absolute Gasteiger partial charge is 0.272 e. The summed E-state index contributed by atoms with van der Waals surface area (Å²) in [6.07, 6.45) is 1.53. The Bertz CT molecular complexity index is 1620. The number of thioether (sulfide) groups is 1. The van der Waals surface area contributed by atoms with Crippen LogP contribution in [0.5, 0.6) is 17.2 Å². The average molecular weight is 612 g/mol. The molecule has 0 aliphatic rings. The second-order valence-corrected chi connectivity index (χ2v) is 10.3. The molecule has 10 heteroatoms. The molecule has 9 nitrogen and oxygen atoms in total. The largest absolute Gasteiger partial charge is 0.497 e. The van der Waals surface area contributed by atoms with Crippen molar-refractivity contribution >= 4 is 46.9 Å². The summed E-state index contributed by atoms with van der Waals surface area (Å²) in [4.78, 5) is 39.9. The van der Waals surface area contributed by atoms with Crippen LogP contribution in [0.15, 0.2) is 108 Å². The molecule has 0 aromatic heterocycles. The van der Waals surface area contributed by atoms with Gasteiger partial charge in [-0.25, -0.2) is 0 Å². The first-order valence-corrected chi connectivity index (χ1v) is 14.7. The maximum atomic E-state index is 13.5. The van der Waals surface area contributed by atoms with Crippen LogP contribution in [0.2, 0.25) is 0 Å². The van der Waals surface area contributed by atoms with Crippen molar-refractivity contribution < 1.29 is 28.6 Å². The summed E-state index contributed by atoms with van der Waals surface area (Å²) in [6.45, 7) is 2.48. The minimum Gasteiger partial charge on any atom is -0.497 e. The number of carbonyl (C=O) groups is 3. The van der Waals surface area contributed by atoms with Gasteiger partial charge in [0, 0.05) is 27.4 Å². The Kier molecular flexibility index (Phi) is 11.4. The third-order valence-corrected chi connectivity index (χ3v) is 7.17. The first-order chi connectivity index (χ1) is 21.4. The molecule has 44 heavy (non-hydrogen) atoms. The summed E-state index contributed by atoms with van der Waals surface area (Å²) in [7, 11) is 3.05. The summed E-state index contributed by atoms with van der Waals surface area (Å²) in [5, 5.41) is 8.44. The summed E-state index contributed by atoms with van der Waals surface area (Å²) in [5.41, 5.74) is 2.09. The predicted molar refractivity (Wildman–Crippen MR) is 173 cm³/mol. The fourth-order valence-electron chi connectivity index (χ4n) is 4.06. The van der Waals surface area contributed by atoms with E-state index in [9.17, 15) is 14.4 Å². The molecule has 226 valence electrons. The van der Waals surface area contributed by atoms with Crippen LogP contribution in [0.25, 0.3) is 6.08 Å². The van der Waals surface area contributed by atoms with E-state index >= 15 is 0 Å². The Morgan fingerprint density at radius 3 is 2.23 bits per heavy atom. The minimum atomic E-state index is -0.547. The topological polar surface area (TPSA) is 115 Å². The summed E-state index contributed by atoms with van der Waals surface area (Å²) >= 11 is 1.33. The number of hydrogen-bond acceptors (Lipinski definition) is 7. The van der Waals surface area contributed by atoms with Gasteiger partial charge >= 0.3 is 0 Å². The van der Waals surface area contributed by atoms with Crippen LogP contribution in [0, 0.1) is 0 Å². The molecule has 0 saturated carbocycles. The number of ether oxygens (including phenoxy) is 3. The molecule has 0 atom stereocenters. The standard InChI is InChI=1S/C34H33N3O6S/c1-4-43-27-15-13-25(14-16-27)35-32(38)22-44-29-12-8-11-26(21-29)36-34(40)30(37-33(39)23-9-6-5-7-10-23)20-24-19-28(41-2)17-18-31(24)42-3/h5-21H,4,22H2,1-3H3,(H,35,38)(H,36,40)(H,37,39)/b30-20+. The van der Waals surface area contributed by atoms with Gasteiger partial charge in [-0.05, 0) is 85.8 Å². The van der Waals surface area contributed by atoms with E-state index in [-0.39, 0.29) is 17.4 Å². The van der Waals surface area contributed by atoms with E-state index in [1.54, 1.807) is 91.0 Å². The number of anilines is 2. The van der Waals surface area contributed by atoms with Crippen LogP contribution in [0.3, 0.4) is 0 Å². The number of amides is 3. The van der Waals surface area contributed by atoms with Gasteiger partial charge in [-0.1, -0.05) is 24.3 Å². The van der Waals surface area contributed by atoms with E-state index in [1.165, 1.54) is 32.1 Å². The second-order valence-electron chi connectivity index (χ2n) is 9.26. The third kappa shape index (κ3) is 9.14. The fraction of sp³-hybridized carbons (Fsp3) is 0.147. The van der Waals surface area contributed by atoms with Crippen LogP contribution in [-0.2, 0) is 9.59 Å². The molecular weight excluding hydrogens is 578 g/mol. The van der Waals surface area contributed by atoms with Crippen molar-refractivity contribution in [2.24, 2.45) is 0 Å². The van der Waals surface area contributed by atoms with Gasteiger partial charge < -0.3 is 30.2 Å². The molecule has 3 N–H and O–H groups in total. The van der Waals surface area contributed by atoms with Gasteiger partial charge in [-0.15, -0.1) is 11.8 Å². The normalized spacial score (nSPS) is 10.8. The van der Waals surface area contributed by atoms with Crippen molar-refractivity contribution in [2.75, 3.05) is 37.2 Å². The van der Waals surface area contributed by atoms with E-state index in [0.29, 0.717) is 40.6 Å². The number of benzene rings is 4. The number of nitrogens with one attached hydrogen (secondary N) is 3. The molecule has 0 fully saturated rings. The van der Waals surface area contributed by atoms with Crippen molar-refractivity contribution in [3.05, 3.63) is 114 Å². The molecule has 0 saturated heterocycles.